The summed E-state index contributed by atoms with van der Waals surface area (Å²) < 4.78 is 16.8. The lowest BCUT2D eigenvalue weighted by atomic mass is 9.90. The fourth-order valence-corrected chi connectivity index (χ4v) is 1.92. The number of hydrogen-bond donors (Lipinski definition) is 1. The van der Waals surface area contributed by atoms with Crippen LogP contribution in [-0.4, -0.2) is 37.5 Å². The lowest BCUT2D eigenvalue weighted by molar-refractivity contribution is -0.485. The van der Waals surface area contributed by atoms with Crippen molar-refractivity contribution in [1.82, 2.24) is 0 Å². The molecule has 0 saturated carbocycles. The molecule has 4 heteroatoms. The Morgan fingerprint density at radius 2 is 1.71 bits per heavy atom. The van der Waals surface area contributed by atoms with Crippen molar-refractivity contribution in [2.45, 2.75) is 26.2 Å². The molecule has 4 nitrogen and oxygen atoms in total. The van der Waals surface area contributed by atoms with Crippen molar-refractivity contribution >= 4 is 0 Å². The van der Waals surface area contributed by atoms with Gasteiger partial charge in [-0.1, -0.05) is 13.8 Å². The van der Waals surface area contributed by atoms with Crippen LogP contribution in [0, 0.1) is 11.3 Å². The minimum Gasteiger partial charge on any atom is -0.396 e. The second kappa shape index (κ2) is 3.45. The van der Waals surface area contributed by atoms with Crippen molar-refractivity contribution in [2.24, 2.45) is 11.3 Å². The van der Waals surface area contributed by atoms with Gasteiger partial charge in [0.15, 0.2) is 0 Å². The number of hydrogen-bond acceptors (Lipinski definition) is 4. The lowest BCUT2D eigenvalue weighted by Crippen LogP contribution is -2.62. The standard InChI is InChI=1S/C10H18O4/c1-3-8(4-11)10-12-5-9(2,6-13-10)7-14-10/h8,11H,3-7H2,1-2H3. The number of aliphatic hydroxyl groups is 1. The molecule has 0 radical (unpaired) electrons. The van der Waals surface area contributed by atoms with Gasteiger partial charge in [-0.25, -0.2) is 0 Å². The smallest absolute Gasteiger partial charge is 0.288 e. The zero-order valence-electron chi connectivity index (χ0n) is 8.78. The van der Waals surface area contributed by atoms with Crippen molar-refractivity contribution in [1.29, 1.82) is 0 Å². The van der Waals surface area contributed by atoms with Crippen LogP contribution in [-0.2, 0) is 14.2 Å². The zero-order chi connectivity index (χ0) is 10.2. The molecule has 0 aromatic carbocycles. The SMILES string of the molecule is CCC(CO)C12OCC(C)(CO1)CO2. The van der Waals surface area contributed by atoms with E-state index >= 15 is 0 Å². The summed E-state index contributed by atoms with van der Waals surface area (Å²) in [6.07, 6.45) is 0.785. The second-order valence-corrected chi connectivity index (χ2v) is 4.57. The highest BCUT2D eigenvalue weighted by atomic mass is 16.9. The van der Waals surface area contributed by atoms with Gasteiger partial charge in [0.1, 0.15) is 0 Å². The molecule has 3 fully saturated rings. The molecule has 1 unspecified atom stereocenters. The molecule has 0 aliphatic carbocycles. The largest absolute Gasteiger partial charge is 0.396 e. The molecular weight excluding hydrogens is 184 g/mol. The fraction of sp³-hybridized carbons (Fsp3) is 1.00. The average Bonchev–Trinajstić information content (AvgIpc) is 2.22. The summed E-state index contributed by atoms with van der Waals surface area (Å²) in [5.74, 6) is -1.06. The molecule has 2 bridgehead atoms. The van der Waals surface area contributed by atoms with Crippen LogP contribution in [0.3, 0.4) is 0 Å². The minimum atomic E-state index is -0.971. The Morgan fingerprint density at radius 1 is 1.21 bits per heavy atom. The Morgan fingerprint density at radius 3 is 2.07 bits per heavy atom. The van der Waals surface area contributed by atoms with E-state index < -0.39 is 5.97 Å². The first-order chi connectivity index (χ1) is 6.64. The minimum absolute atomic E-state index is 0.00447. The maximum atomic E-state index is 9.22. The van der Waals surface area contributed by atoms with Crippen LogP contribution in [0.5, 0.6) is 0 Å². The van der Waals surface area contributed by atoms with Crippen LogP contribution in [0.1, 0.15) is 20.3 Å². The first kappa shape index (κ1) is 10.4. The van der Waals surface area contributed by atoms with Crippen LogP contribution in [0.15, 0.2) is 0 Å². The van der Waals surface area contributed by atoms with E-state index in [1.54, 1.807) is 0 Å². The molecular formula is C10H18O4. The van der Waals surface area contributed by atoms with Gasteiger partial charge in [-0.3, -0.25) is 0 Å². The van der Waals surface area contributed by atoms with Crippen LogP contribution in [0.2, 0.25) is 0 Å². The van der Waals surface area contributed by atoms with E-state index in [9.17, 15) is 5.11 Å². The number of aliphatic hydroxyl groups excluding tert-OH is 1. The topological polar surface area (TPSA) is 47.9 Å². The predicted octanol–water partition coefficient (Wildman–Crippen LogP) is 0.742. The maximum Gasteiger partial charge on any atom is 0.288 e. The van der Waals surface area contributed by atoms with Crippen molar-refractivity contribution in [2.75, 3.05) is 26.4 Å². The van der Waals surface area contributed by atoms with Gasteiger partial charge in [-0.15, -0.1) is 0 Å². The molecule has 82 valence electrons. The van der Waals surface area contributed by atoms with Crippen LogP contribution in [0.25, 0.3) is 0 Å². The van der Waals surface area contributed by atoms with Crippen molar-refractivity contribution in [3.63, 3.8) is 0 Å². The fourth-order valence-electron chi connectivity index (χ4n) is 1.92. The van der Waals surface area contributed by atoms with Gasteiger partial charge >= 0.3 is 0 Å². The average molecular weight is 202 g/mol. The highest BCUT2D eigenvalue weighted by molar-refractivity contribution is 4.87. The van der Waals surface area contributed by atoms with Crippen LogP contribution < -0.4 is 0 Å². The number of ether oxygens (including phenoxy) is 3. The van der Waals surface area contributed by atoms with Gasteiger partial charge in [0.05, 0.1) is 32.3 Å². The van der Waals surface area contributed by atoms with Crippen molar-refractivity contribution < 1.29 is 19.3 Å². The second-order valence-electron chi connectivity index (χ2n) is 4.57. The van der Waals surface area contributed by atoms with E-state index in [1.807, 2.05) is 6.92 Å². The van der Waals surface area contributed by atoms with Crippen LogP contribution >= 0.6 is 0 Å². The highest BCUT2D eigenvalue weighted by Crippen LogP contribution is 2.42. The summed E-state index contributed by atoms with van der Waals surface area (Å²) in [7, 11) is 0. The molecule has 3 aliphatic rings. The quantitative estimate of drug-likeness (QED) is 0.733. The van der Waals surface area contributed by atoms with E-state index in [0.717, 1.165) is 6.42 Å². The van der Waals surface area contributed by atoms with Gasteiger partial charge in [0, 0.05) is 5.41 Å². The van der Waals surface area contributed by atoms with Gasteiger partial charge in [-0.05, 0) is 6.42 Å². The Bertz CT molecular complexity index is 188. The Balaban J connectivity index is 2.11. The lowest BCUT2D eigenvalue weighted by Gasteiger charge is -2.52. The van der Waals surface area contributed by atoms with E-state index in [4.69, 9.17) is 14.2 Å². The normalized spacial score (nSPS) is 43.9. The summed E-state index contributed by atoms with van der Waals surface area (Å²) in [5, 5.41) is 9.22. The molecule has 0 spiro atoms. The Hall–Kier alpha value is -0.160. The zero-order valence-corrected chi connectivity index (χ0v) is 8.78. The molecule has 14 heavy (non-hydrogen) atoms. The first-order valence-corrected chi connectivity index (χ1v) is 5.17. The van der Waals surface area contributed by atoms with E-state index in [-0.39, 0.29) is 17.9 Å². The molecule has 0 amide bonds. The predicted molar refractivity (Wildman–Crippen MR) is 49.6 cm³/mol. The van der Waals surface area contributed by atoms with Gasteiger partial charge in [0.2, 0.25) is 0 Å². The third-order valence-electron chi connectivity index (χ3n) is 3.08. The summed E-state index contributed by atoms with van der Waals surface area (Å²) in [4.78, 5) is 0. The molecule has 0 aromatic heterocycles. The third kappa shape index (κ3) is 1.46. The van der Waals surface area contributed by atoms with E-state index in [2.05, 4.69) is 6.92 Å². The Labute approximate surface area is 84.1 Å². The molecule has 3 aliphatic heterocycles. The first-order valence-electron chi connectivity index (χ1n) is 5.17. The number of rotatable bonds is 3. The summed E-state index contributed by atoms with van der Waals surface area (Å²) in [5.41, 5.74) is -0.00447. The molecule has 3 rings (SSSR count). The monoisotopic (exact) mass is 202 g/mol. The summed E-state index contributed by atoms with van der Waals surface area (Å²) in [6, 6.07) is 0. The van der Waals surface area contributed by atoms with Crippen molar-refractivity contribution in [3.05, 3.63) is 0 Å². The summed E-state index contributed by atoms with van der Waals surface area (Å²) in [6.45, 7) is 6.08. The van der Waals surface area contributed by atoms with Gasteiger partial charge < -0.3 is 19.3 Å². The molecule has 3 saturated heterocycles. The third-order valence-corrected chi connectivity index (χ3v) is 3.08. The van der Waals surface area contributed by atoms with Crippen LogP contribution in [0.4, 0.5) is 0 Å². The number of fused-ring (bicyclic) bond motifs is 3. The van der Waals surface area contributed by atoms with Gasteiger partial charge in [0.25, 0.3) is 5.97 Å². The molecule has 0 aromatic rings. The Kier molecular flexibility index (Phi) is 2.55. The molecule has 3 heterocycles. The molecule has 1 N–H and O–H groups in total. The van der Waals surface area contributed by atoms with Gasteiger partial charge in [-0.2, -0.15) is 0 Å². The molecule has 1 atom stereocenters. The summed E-state index contributed by atoms with van der Waals surface area (Å²) >= 11 is 0. The van der Waals surface area contributed by atoms with E-state index in [0.29, 0.717) is 19.8 Å². The van der Waals surface area contributed by atoms with Crippen molar-refractivity contribution in [3.8, 4) is 0 Å². The maximum absolute atomic E-state index is 9.22. The van der Waals surface area contributed by atoms with E-state index in [1.165, 1.54) is 0 Å². The highest BCUT2D eigenvalue weighted by Gasteiger charge is 2.53.